The molecule has 2 amide bonds. The van der Waals surface area contributed by atoms with Crippen molar-refractivity contribution in [1.82, 2.24) is 15.0 Å². The molecule has 2 rings (SSSR count). The smallest absolute Gasteiger partial charge is 0.412 e. The summed E-state index contributed by atoms with van der Waals surface area (Å²) in [5, 5.41) is 13.2. The van der Waals surface area contributed by atoms with Gasteiger partial charge < -0.3 is 10.1 Å². The molecule has 2 aromatic rings. The normalized spacial score (nSPS) is 10.2. The van der Waals surface area contributed by atoms with Crippen LogP contribution in [0.4, 0.5) is 16.3 Å². The van der Waals surface area contributed by atoms with E-state index < -0.39 is 6.09 Å². The topological polar surface area (TPSA) is 98.1 Å². The summed E-state index contributed by atoms with van der Waals surface area (Å²) in [4.78, 5) is 23.2. The predicted octanol–water partition coefficient (Wildman–Crippen LogP) is 2.79. The molecule has 1 aromatic heterocycles. The van der Waals surface area contributed by atoms with E-state index in [1.54, 1.807) is 19.1 Å². The fourth-order valence-corrected chi connectivity index (χ4v) is 2.09. The third-order valence-electron chi connectivity index (χ3n) is 2.56. The Balaban J connectivity index is 1.93. The van der Waals surface area contributed by atoms with Crippen molar-refractivity contribution in [3.63, 3.8) is 0 Å². The van der Waals surface area contributed by atoms with Gasteiger partial charge in [-0.1, -0.05) is 28.4 Å². The van der Waals surface area contributed by atoms with Crippen LogP contribution < -0.4 is 10.6 Å². The van der Waals surface area contributed by atoms with Gasteiger partial charge in [0, 0.05) is 5.02 Å². The molecule has 0 atom stereocenters. The monoisotopic (exact) mass is 357 g/mol. The molecule has 0 radical (unpaired) electrons. The zero-order valence-corrected chi connectivity index (χ0v) is 13.6. The summed E-state index contributed by atoms with van der Waals surface area (Å²) in [6, 6.07) is 4.73. The molecular weight excluding hydrogens is 345 g/mol. The number of hydrogen-bond donors (Lipinski definition) is 2. The average Bonchev–Trinajstić information content (AvgIpc) is 2.89. The molecule has 0 aliphatic heterocycles. The number of nitrogens with zero attached hydrogens (tertiary/aromatic N) is 3. The van der Waals surface area contributed by atoms with Crippen molar-refractivity contribution in [3.8, 4) is 0 Å². The molecule has 0 saturated carbocycles. The van der Waals surface area contributed by atoms with Crippen molar-refractivity contribution in [1.29, 1.82) is 0 Å². The third-order valence-corrected chi connectivity index (χ3v) is 3.10. The number of carbonyl (C=O) groups is 2. The number of halogens is 2. The first-order valence-electron chi connectivity index (χ1n) is 6.56. The minimum Gasteiger partial charge on any atom is -0.450 e. The number of nitrogens with one attached hydrogen (secondary N) is 2. The minimum atomic E-state index is -0.642. The van der Waals surface area contributed by atoms with E-state index in [1.807, 2.05) is 0 Å². The van der Waals surface area contributed by atoms with Crippen LogP contribution in [0, 0.1) is 0 Å². The van der Waals surface area contributed by atoms with Gasteiger partial charge in [0.2, 0.25) is 5.91 Å². The number of rotatable bonds is 5. The lowest BCUT2D eigenvalue weighted by atomic mass is 10.3. The van der Waals surface area contributed by atoms with Crippen molar-refractivity contribution < 1.29 is 14.3 Å². The molecule has 10 heteroatoms. The number of amides is 2. The zero-order valence-electron chi connectivity index (χ0n) is 12.0. The van der Waals surface area contributed by atoms with Crippen LogP contribution in [0.25, 0.3) is 0 Å². The molecule has 122 valence electrons. The molecule has 0 fully saturated rings. The van der Waals surface area contributed by atoms with E-state index in [9.17, 15) is 9.59 Å². The zero-order chi connectivity index (χ0) is 16.8. The van der Waals surface area contributed by atoms with Gasteiger partial charge in [0.1, 0.15) is 6.54 Å². The number of anilines is 2. The van der Waals surface area contributed by atoms with Gasteiger partial charge in [-0.15, -0.1) is 5.10 Å². The highest BCUT2D eigenvalue weighted by Gasteiger charge is 2.10. The Hall–Kier alpha value is -2.32. The predicted molar refractivity (Wildman–Crippen MR) is 85.8 cm³/mol. The highest BCUT2D eigenvalue weighted by molar-refractivity contribution is 6.36. The lowest BCUT2D eigenvalue weighted by molar-refractivity contribution is -0.116. The summed E-state index contributed by atoms with van der Waals surface area (Å²) in [6.45, 7) is 1.82. The van der Waals surface area contributed by atoms with E-state index in [2.05, 4.69) is 20.9 Å². The Morgan fingerprint density at radius 2 is 2.09 bits per heavy atom. The van der Waals surface area contributed by atoms with Crippen LogP contribution >= 0.6 is 23.2 Å². The molecule has 23 heavy (non-hydrogen) atoms. The molecule has 0 unspecified atom stereocenters. The summed E-state index contributed by atoms with van der Waals surface area (Å²) < 4.78 is 5.97. The Morgan fingerprint density at radius 1 is 1.30 bits per heavy atom. The summed E-state index contributed by atoms with van der Waals surface area (Å²) >= 11 is 11.8. The molecular formula is C13H13Cl2N5O3. The molecule has 2 N–H and O–H groups in total. The number of carbonyl (C=O) groups excluding carboxylic acids is 2. The fraction of sp³-hybridized carbons (Fsp3) is 0.231. The van der Waals surface area contributed by atoms with E-state index in [1.165, 1.54) is 16.9 Å². The van der Waals surface area contributed by atoms with Gasteiger partial charge >= 0.3 is 6.09 Å². The molecule has 0 spiro atoms. The van der Waals surface area contributed by atoms with Gasteiger partial charge in [-0.2, -0.15) is 0 Å². The first kappa shape index (κ1) is 17.0. The molecule has 0 aliphatic carbocycles. The second kappa shape index (κ2) is 7.80. The van der Waals surface area contributed by atoms with E-state index >= 15 is 0 Å². The second-order valence-corrected chi connectivity index (χ2v) is 5.16. The van der Waals surface area contributed by atoms with Crippen molar-refractivity contribution in [2.24, 2.45) is 0 Å². The Labute approximate surface area is 141 Å². The maximum absolute atomic E-state index is 11.9. The van der Waals surface area contributed by atoms with Crippen molar-refractivity contribution in [3.05, 3.63) is 34.4 Å². The molecule has 8 nitrogen and oxygen atoms in total. The fourth-order valence-electron chi connectivity index (χ4n) is 1.63. The van der Waals surface area contributed by atoms with Crippen LogP contribution in [0.2, 0.25) is 10.0 Å². The average molecular weight is 358 g/mol. The molecule has 0 aliphatic rings. The number of hydrogen-bond acceptors (Lipinski definition) is 5. The molecule has 1 aromatic carbocycles. The van der Waals surface area contributed by atoms with Gasteiger partial charge in [-0.3, -0.25) is 10.1 Å². The van der Waals surface area contributed by atoms with Crippen molar-refractivity contribution in [2.45, 2.75) is 13.5 Å². The standard InChI is InChI=1S/C13H13Cl2N5O3/c1-2-23-13(22)17-11-6-20(19-18-11)7-12(21)16-10-4-3-8(14)5-9(10)15/h3-6H,2,7H2,1H3,(H,16,21)(H,17,22). The van der Waals surface area contributed by atoms with Gasteiger partial charge in [0.25, 0.3) is 0 Å². The van der Waals surface area contributed by atoms with Crippen molar-refractivity contribution in [2.75, 3.05) is 17.2 Å². The summed E-state index contributed by atoms with van der Waals surface area (Å²) in [6.07, 6.45) is 0.761. The summed E-state index contributed by atoms with van der Waals surface area (Å²) in [5.74, 6) is -0.178. The van der Waals surface area contributed by atoms with Crippen LogP contribution in [0.3, 0.4) is 0 Å². The van der Waals surface area contributed by atoms with Gasteiger partial charge in [-0.05, 0) is 25.1 Å². The van der Waals surface area contributed by atoms with Crippen LogP contribution in [0.1, 0.15) is 6.92 Å². The summed E-state index contributed by atoms with van der Waals surface area (Å²) in [7, 11) is 0. The van der Waals surface area contributed by atoms with Crippen molar-refractivity contribution >= 4 is 46.7 Å². The number of ether oxygens (including phenoxy) is 1. The summed E-state index contributed by atoms with van der Waals surface area (Å²) in [5.41, 5.74) is 0.436. The van der Waals surface area contributed by atoms with Crippen LogP contribution in [-0.2, 0) is 16.1 Å². The van der Waals surface area contributed by atoms with Gasteiger partial charge in [0.15, 0.2) is 5.82 Å². The van der Waals surface area contributed by atoms with Crippen LogP contribution in [0.15, 0.2) is 24.4 Å². The Bertz CT molecular complexity index is 719. The van der Waals surface area contributed by atoms with Crippen LogP contribution in [0.5, 0.6) is 0 Å². The number of aromatic nitrogens is 3. The largest absolute Gasteiger partial charge is 0.450 e. The quantitative estimate of drug-likeness (QED) is 0.857. The third kappa shape index (κ3) is 5.11. The van der Waals surface area contributed by atoms with E-state index in [4.69, 9.17) is 27.9 Å². The molecule has 0 bridgehead atoms. The lowest BCUT2D eigenvalue weighted by Gasteiger charge is -2.07. The van der Waals surface area contributed by atoms with E-state index in [0.29, 0.717) is 15.7 Å². The highest BCUT2D eigenvalue weighted by atomic mass is 35.5. The van der Waals surface area contributed by atoms with Gasteiger partial charge in [0.05, 0.1) is 23.5 Å². The van der Waals surface area contributed by atoms with E-state index in [-0.39, 0.29) is 24.9 Å². The van der Waals surface area contributed by atoms with E-state index in [0.717, 1.165) is 0 Å². The highest BCUT2D eigenvalue weighted by Crippen LogP contribution is 2.25. The first-order chi connectivity index (χ1) is 11.0. The Kier molecular flexibility index (Phi) is 5.78. The lowest BCUT2D eigenvalue weighted by Crippen LogP contribution is -2.19. The first-order valence-corrected chi connectivity index (χ1v) is 7.32. The Morgan fingerprint density at radius 3 is 2.78 bits per heavy atom. The van der Waals surface area contributed by atoms with Crippen LogP contribution in [-0.4, -0.2) is 33.6 Å². The number of benzene rings is 1. The SMILES string of the molecule is CCOC(=O)Nc1cn(CC(=O)Nc2ccc(Cl)cc2Cl)nn1. The second-order valence-electron chi connectivity index (χ2n) is 4.32. The maximum atomic E-state index is 11.9. The van der Waals surface area contributed by atoms with Gasteiger partial charge in [-0.25, -0.2) is 9.48 Å². The molecule has 1 heterocycles. The minimum absolute atomic E-state index is 0.101. The molecule has 0 saturated heterocycles. The maximum Gasteiger partial charge on any atom is 0.412 e.